The van der Waals surface area contributed by atoms with E-state index < -0.39 is 0 Å². The number of thiophene rings is 1. The maximum absolute atomic E-state index is 4.31. The Morgan fingerprint density at radius 3 is 3.20 bits per heavy atom. The lowest BCUT2D eigenvalue weighted by atomic mass is 10.4. The summed E-state index contributed by atoms with van der Waals surface area (Å²) in [7, 11) is 0. The maximum Gasteiger partial charge on any atom is 0.208 e. The first-order valence-electron chi connectivity index (χ1n) is 4.65. The van der Waals surface area contributed by atoms with Gasteiger partial charge in [0.2, 0.25) is 5.16 Å². The van der Waals surface area contributed by atoms with Crippen LogP contribution in [0.1, 0.15) is 17.6 Å². The quantitative estimate of drug-likeness (QED) is 0.831. The second-order valence-electron chi connectivity index (χ2n) is 2.78. The van der Waals surface area contributed by atoms with Crippen LogP contribution < -0.4 is 0 Å². The fourth-order valence-corrected chi connectivity index (χ4v) is 2.22. The molecule has 0 amide bonds. The van der Waals surface area contributed by atoms with Crippen LogP contribution in [0.4, 0.5) is 0 Å². The second-order valence-corrected chi connectivity index (χ2v) is 5.00. The summed E-state index contributed by atoms with van der Waals surface area (Å²) in [6.45, 7) is 2.09. The molecule has 1 N–H and O–H groups in total. The number of nitrogens with zero attached hydrogens (tertiary/aromatic N) is 2. The molecule has 0 aromatic carbocycles. The van der Waals surface area contributed by atoms with Gasteiger partial charge in [-0.2, -0.15) is 0 Å². The molecule has 0 bridgehead atoms. The van der Waals surface area contributed by atoms with Gasteiger partial charge in [0.25, 0.3) is 0 Å². The zero-order chi connectivity index (χ0) is 10.5. The Labute approximate surface area is 96.6 Å². The van der Waals surface area contributed by atoms with E-state index in [1.165, 1.54) is 4.88 Å². The second kappa shape index (κ2) is 5.14. The fourth-order valence-electron chi connectivity index (χ4n) is 1.07. The first kappa shape index (κ1) is 10.4. The molecule has 0 unspecified atom stereocenters. The normalized spacial score (nSPS) is 11.3. The lowest BCUT2D eigenvalue weighted by Gasteiger charge is -1.84. The highest BCUT2D eigenvalue weighted by Gasteiger charge is 1.98. The Kier molecular flexibility index (Phi) is 3.58. The van der Waals surface area contributed by atoms with Crippen LogP contribution >= 0.6 is 23.1 Å². The van der Waals surface area contributed by atoms with Crippen molar-refractivity contribution in [1.29, 1.82) is 0 Å². The zero-order valence-corrected chi connectivity index (χ0v) is 9.94. The summed E-state index contributed by atoms with van der Waals surface area (Å²) in [5.74, 6) is 1.80. The minimum Gasteiger partial charge on any atom is -0.259 e. The molecule has 0 aliphatic carbocycles. The molecule has 3 nitrogen and oxygen atoms in total. The molecule has 0 saturated carbocycles. The molecule has 15 heavy (non-hydrogen) atoms. The summed E-state index contributed by atoms with van der Waals surface area (Å²) >= 11 is 3.34. The average molecular weight is 237 g/mol. The number of nitrogens with one attached hydrogen (secondary N) is 1. The van der Waals surface area contributed by atoms with Gasteiger partial charge in [0, 0.05) is 4.88 Å². The summed E-state index contributed by atoms with van der Waals surface area (Å²) in [6, 6.07) is 4.10. The van der Waals surface area contributed by atoms with Gasteiger partial charge in [0.15, 0.2) is 0 Å². The Bertz CT molecular complexity index is 431. The maximum atomic E-state index is 4.31. The summed E-state index contributed by atoms with van der Waals surface area (Å²) < 4.78 is 0. The van der Waals surface area contributed by atoms with Crippen LogP contribution in [0.15, 0.2) is 22.7 Å². The molecule has 0 radical (unpaired) electrons. The van der Waals surface area contributed by atoms with Crippen molar-refractivity contribution in [2.45, 2.75) is 12.1 Å². The van der Waals surface area contributed by atoms with Gasteiger partial charge in [-0.05, 0) is 29.4 Å². The third kappa shape index (κ3) is 2.94. The number of hydrogen-bond donors (Lipinski definition) is 1. The number of rotatable bonds is 4. The van der Waals surface area contributed by atoms with Gasteiger partial charge < -0.3 is 0 Å². The van der Waals surface area contributed by atoms with E-state index in [1.54, 1.807) is 23.1 Å². The molecule has 0 fully saturated rings. The highest BCUT2D eigenvalue weighted by molar-refractivity contribution is 7.99. The molecular weight excluding hydrogens is 226 g/mol. The molecule has 5 heteroatoms. The van der Waals surface area contributed by atoms with Crippen LogP contribution in [0, 0.1) is 0 Å². The number of aromatic nitrogens is 3. The van der Waals surface area contributed by atoms with E-state index >= 15 is 0 Å². The Balaban J connectivity index is 2.04. The first-order valence-corrected chi connectivity index (χ1v) is 6.52. The van der Waals surface area contributed by atoms with Crippen molar-refractivity contribution in [3.05, 3.63) is 28.2 Å². The Morgan fingerprint density at radius 2 is 2.47 bits per heavy atom. The van der Waals surface area contributed by atoms with Crippen molar-refractivity contribution >= 4 is 35.3 Å². The minimum absolute atomic E-state index is 0.805. The molecule has 2 rings (SSSR count). The van der Waals surface area contributed by atoms with E-state index in [0.717, 1.165) is 16.7 Å². The summed E-state index contributed by atoms with van der Waals surface area (Å²) in [4.78, 5) is 5.53. The standard InChI is InChI=1S/C10H11N3S2/c1-2-14-10-11-9(12-13-10)6-5-8-4-3-7-15-8/h3-7H,2H2,1H3,(H,11,12,13). The third-order valence-electron chi connectivity index (χ3n) is 1.70. The number of hydrogen-bond acceptors (Lipinski definition) is 4. The molecule has 0 aliphatic rings. The molecule has 0 spiro atoms. The van der Waals surface area contributed by atoms with Crippen LogP contribution in [0.25, 0.3) is 12.2 Å². The van der Waals surface area contributed by atoms with Crippen molar-refractivity contribution in [2.75, 3.05) is 5.75 Å². The number of thioether (sulfide) groups is 1. The van der Waals surface area contributed by atoms with Gasteiger partial charge in [-0.15, -0.1) is 16.4 Å². The van der Waals surface area contributed by atoms with Crippen LogP contribution in [0.3, 0.4) is 0 Å². The molecule has 2 aromatic rings. The van der Waals surface area contributed by atoms with E-state index in [9.17, 15) is 0 Å². The highest BCUT2D eigenvalue weighted by atomic mass is 32.2. The Morgan fingerprint density at radius 1 is 1.53 bits per heavy atom. The molecule has 0 saturated heterocycles. The van der Waals surface area contributed by atoms with E-state index in [4.69, 9.17) is 0 Å². The molecular formula is C10H11N3S2. The molecule has 2 heterocycles. The van der Waals surface area contributed by atoms with Gasteiger partial charge in [-0.1, -0.05) is 24.8 Å². The van der Waals surface area contributed by atoms with Crippen LogP contribution in [0.2, 0.25) is 0 Å². The van der Waals surface area contributed by atoms with Crippen molar-refractivity contribution in [2.24, 2.45) is 0 Å². The fraction of sp³-hybridized carbons (Fsp3) is 0.200. The number of aromatic amines is 1. The monoisotopic (exact) mass is 237 g/mol. The van der Waals surface area contributed by atoms with E-state index in [-0.39, 0.29) is 0 Å². The van der Waals surface area contributed by atoms with Crippen molar-refractivity contribution in [3.63, 3.8) is 0 Å². The van der Waals surface area contributed by atoms with E-state index in [0.29, 0.717) is 0 Å². The Hall–Kier alpha value is -1.07. The van der Waals surface area contributed by atoms with E-state index in [2.05, 4.69) is 33.6 Å². The predicted octanol–water partition coefficient (Wildman–Crippen LogP) is 3.15. The topological polar surface area (TPSA) is 41.6 Å². The summed E-state index contributed by atoms with van der Waals surface area (Å²) in [5.41, 5.74) is 0. The van der Waals surface area contributed by atoms with Crippen molar-refractivity contribution < 1.29 is 0 Å². The molecule has 78 valence electrons. The minimum atomic E-state index is 0.805. The van der Waals surface area contributed by atoms with Gasteiger partial charge in [-0.3, -0.25) is 5.10 Å². The van der Waals surface area contributed by atoms with Crippen molar-refractivity contribution in [3.8, 4) is 0 Å². The first-order chi connectivity index (χ1) is 7.38. The smallest absolute Gasteiger partial charge is 0.208 e. The van der Waals surface area contributed by atoms with Gasteiger partial charge in [0.05, 0.1) is 0 Å². The van der Waals surface area contributed by atoms with Gasteiger partial charge >= 0.3 is 0 Å². The van der Waals surface area contributed by atoms with Crippen LogP contribution in [0.5, 0.6) is 0 Å². The third-order valence-corrected chi connectivity index (χ3v) is 3.27. The van der Waals surface area contributed by atoms with Crippen molar-refractivity contribution in [1.82, 2.24) is 15.2 Å². The molecule has 2 aromatic heterocycles. The lowest BCUT2D eigenvalue weighted by Crippen LogP contribution is -1.75. The summed E-state index contributed by atoms with van der Waals surface area (Å²) in [5, 5.41) is 9.84. The zero-order valence-electron chi connectivity index (χ0n) is 8.30. The molecule has 0 atom stereocenters. The average Bonchev–Trinajstić information content (AvgIpc) is 2.85. The highest BCUT2D eigenvalue weighted by Crippen LogP contribution is 2.14. The van der Waals surface area contributed by atoms with Crippen LogP contribution in [-0.2, 0) is 0 Å². The van der Waals surface area contributed by atoms with Crippen LogP contribution in [-0.4, -0.2) is 20.9 Å². The summed E-state index contributed by atoms with van der Waals surface area (Å²) in [6.07, 6.45) is 3.98. The van der Waals surface area contributed by atoms with Gasteiger partial charge in [0.1, 0.15) is 5.82 Å². The molecule has 0 aliphatic heterocycles. The largest absolute Gasteiger partial charge is 0.259 e. The number of H-pyrrole nitrogens is 1. The van der Waals surface area contributed by atoms with Gasteiger partial charge in [-0.25, -0.2) is 4.98 Å². The SMILES string of the molecule is CCSc1n[nH]c(C=Cc2cccs2)n1. The predicted molar refractivity (Wildman–Crippen MR) is 66.0 cm³/mol. The van der Waals surface area contributed by atoms with E-state index in [1.807, 2.05) is 18.2 Å². The lowest BCUT2D eigenvalue weighted by molar-refractivity contribution is 0.973.